The maximum atomic E-state index is 13.1. The van der Waals surface area contributed by atoms with Gasteiger partial charge in [0.05, 0.1) is 12.6 Å². The van der Waals surface area contributed by atoms with Crippen molar-refractivity contribution in [2.75, 3.05) is 13.2 Å². The highest BCUT2D eigenvalue weighted by Gasteiger charge is 2.39. The predicted octanol–water partition coefficient (Wildman–Crippen LogP) is 2.86. The Morgan fingerprint density at radius 3 is 2.48 bits per heavy atom. The van der Waals surface area contributed by atoms with Crippen molar-refractivity contribution >= 4 is 17.8 Å². The zero-order valence-electron chi connectivity index (χ0n) is 19.3. The molecular formula is C24H36N2O5. The number of nitrogens with zero attached hydrogens (tertiary/aromatic N) is 1. The summed E-state index contributed by atoms with van der Waals surface area (Å²) in [5, 5.41) is 3.14. The molecule has 0 bridgehead atoms. The number of esters is 2. The lowest BCUT2D eigenvalue weighted by atomic mass is 10.0. The van der Waals surface area contributed by atoms with Gasteiger partial charge in [-0.3, -0.25) is 14.9 Å². The molecule has 7 heteroatoms. The van der Waals surface area contributed by atoms with Gasteiger partial charge in [0.2, 0.25) is 5.91 Å². The first kappa shape index (κ1) is 24.9. The van der Waals surface area contributed by atoms with Crippen LogP contribution in [0.3, 0.4) is 0 Å². The molecule has 1 aromatic carbocycles. The zero-order chi connectivity index (χ0) is 23.0. The molecule has 3 atom stereocenters. The van der Waals surface area contributed by atoms with Gasteiger partial charge < -0.3 is 14.4 Å². The third-order valence-electron chi connectivity index (χ3n) is 5.17. The Hall–Kier alpha value is -2.41. The number of carbonyl (C=O) groups excluding carboxylic acids is 3. The van der Waals surface area contributed by atoms with Gasteiger partial charge in [-0.05, 0) is 65.9 Å². The van der Waals surface area contributed by atoms with Crippen LogP contribution in [0, 0.1) is 0 Å². The number of likely N-dealkylation sites (tertiary alicyclic amines) is 1. The highest BCUT2D eigenvalue weighted by Crippen LogP contribution is 2.22. The predicted molar refractivity (Wildman–Crippen MR) is 118 cm³/mol. The van der Waals surface area contributed by atoms with E-state index in [0.29, 0.717) is 25.8 Å². The normalized spacial score (nSPS) is 18.4. The van der Waals surface area contributed by atoms with E-state index in [2.05, 4.69) is 5.32 Å². The average Bonchev–Trinajstić information content (AvgIpc) is 3.20. The molecule has 2 rings (SSSR count). The van der Waals surface area contributed by atoms with Crippen molar-refractivity contribution in [1.29, 1.82) is 0 Å². The fourth-order valence-electron chi connectivity index (χ4n) is 3.73. The van der Waals surface area contributed by atoms with Gasteiger partial charge in [-0.15, -0.1) is 0 Å². The van der Waals surface area contributed by atoms with E-state index in [0.717, 1.165) is 12.0 Å². The second kappa shape index (κ2) is 11.3. The lowest BCUT2D eigenvalue weighted by molar-refractivity contribution is -0.163. The van der Waals surface area contributed by atoms with Crippen LogP contribution in [-0.2, 0) is 30.3 Å². The van der Waals surface area contributed by atoms with Gasteiger partial charge in [0.1, 0.15) is 17.7 Å². The van der Waals surface area contributed by atoms with E-state index in [1.54, 1.807) is 18.7 Å². The Kier molecular flexibility index (Phi) is 9.04. The number of nitrogens with one attached hydrogen (secondary N) is 1. The van der Waals surface area contributed by atoms with Crippen LogP contribution in [-0.4, -0.2) is 59.6 Å². The quantitative estimate of drug-likeness (QED) is 0.604. The van der Waals surface area contributed by atoms with Gasteiger partial charge in [0.25, 0.3) is 0 Å². The smallest absolute Gasteiger partial charge is 0.329 e. The van der Waals surface area contributed by atoms with Crippen molar-refractivity contribution < 1.29 is 23.9 Å². The monoisotopic (exact) mass is 432 g/mol. The molecule has 1 heterocycles. The first-order chi connectivity index (χ1) is 14.6. The van der Waals surface area contributed by atoms with Crippen LogP contribution in [0.15, 0.2) is 30.3 Å². The maximum Gasteiger partial charge on any atom is 0.329 e. The maximum absolute atomic E-state index is 13.1. The van der Waals surface area contributed by atoms with Crippen molar-refractivity contribution in [2.45, 2.75) is 84.0 Å². The molecule has 1 N–H and O–H groups in total. The molecule has 1 aliphatic heterocycles. The molecule has 31 heavy (non-hydrogen) atoms. The van der Waals surface area contributed by atoms with Crippen LogP contribution in [0.2, 0.25) is 0 Å². The van der Waals surface area contributed by atoms with Crippen LogP contribution < -0.4 is 5.32 Å². The van der Waals surface area contributed by atoms with Crippen LogP contribution >= 0.6 is 0 Å². The molecule has 0 saturated carbocycles. The van der Waals surface area contributed by atoms with Gasteiger partial charge in [0.15, 0.2) is 0 Å². The first-order valence-electron chi connectivity index (χ1n) is 11.1. The molecule has 1 saturated heterocycles. The SMILES string of the molecule is CCOC(=O)C(CCc1ccccc1)NC(C)C(=O)N1CCCC1C(=O)OC(C)(C)C. The van der Waals surface area contributed by atoms with Crippen molar-refractivity contribution in [3.63, 3.8) is 0 Å². The van der Waals surface area contributed by atoms with E-state index < -0.39 is 23.7 Å². The number of ether oxygens (including phenoxy) is 2. The molecule has 172 valence electrons. The summed E-state index contributed by atoms with van der Waals surface area (Å²) in [5.74, 6) is -0.956. The molecule has 0 aliphatic carbocycles. The standard InChI is InChI=1S/C24H36N2O5/c1-6-30-22(28)19(15-14-18-11-8-7-9-12-18)25-17(2)21(27)26-16-10-13-20(26)23(29)31-24(3,4)5/h7-9,11-12,17,19-20,25H,6,10,13-16H2,1-5H3. The summed E-state index contributed by atoms with van der Waals surface area (Å²) in [5.41, 5.74) is 0.507. The summed E-state index contributed by atoms with van der Waals surface area (Å²) in [6.07, 6.45) is 2.53. The van der Waals surface area contributed by atoms with Crippen LogP contribution in [0.25, 0.3) is 0 Å². The van der Waals surface area contributed by atoms with E-state index in [1.807, 2.05) is 51.1 Å². The summed E-state index contributed by atoms with van der Waals surface area (Å²) in [6, 6.07) is 8.05. The van der Waals surface area contributed by atoms with E-state index in [4.69, 9.17) is 9.47 Å². The highest BCUT2D eigenvalue weighted by atomic mass is 16.6. The molecule has 0 radical (unpaired) electrons. The summed E-state index contributed by atoms with van der Waals surface area (Å²) < 4.78 is 10.7. The molecule has 0 spiro atoms. The molecule has 3 unspecified atom stereocenters. The fraction of sp³-hybridized carbons (Fsp3) is 0.625. The van der Waals surface area contributed by atoms with E-state index >= 15 is 0 Å². The number of hydrogen-bond acceptors (Lipinski definition) is 6. The molecule has 1 aromatic rings. The van der Waals surface area contributed by atoms with Gasteiger partial charge in [-0.25, -0.2) is 4.79 Å². The summed E-state index contributed by atoms with van der Waals surface area (Å²) >= 11 is 0. The number of rotatable bonds is 9. The summed E-state index contributed by atoms with van der Waals surface area (Å²) in [7, 11) is 0. The Balaban J connectivity index is 2.03. The molecule has 0 aromatic heterocycles. The Morgan fingerprint density at radius 2 is 1.87 bits per heavy atom. The molecule has 1 aliphatic rings. The number of amides is 1. The highest BCUT2D eigenvalue weighted by molar-refractivity contribution is 5.88. The van der Waals surface area contributed by atoms with Crippen molar-refractivity contribution in [3.05, 3.63) is 35.9 Å². The van der Waals surface area contributed by atoms with E-state index in [9.17, 15) is 14.4 Å². The second-order valence-electron chi connectivity index (χ2n) is 8.94. The van der Waals surface area contributed by atoms with E-state index in [1.165, 1.54) is 0 Å². The van der Waals surface area contributed by atoms with Crippen LogP contribution in [0.1, 0.15) is 59.4 Å². The van der Waals surface area contributed by atoms with Crippen LogP contribution in [0.4, 0.5) is 0 Å². The first-order valence-corrected chi connectivity index (χ1v) is 11.1. The number of benzene rings is 1. The Labute approximate surface area is 185 Å². The second-order valence-corrected chi connectivity index (χ2v) is 8.94. The number of carbonyl (C=O) groups is 3. The van der Waals surface area contributed by atoms with Crippen molar-refractivity contribution in [3.8, 4) is 0 Å². The van der Waals surface area contributed by atoms with Crippen molar-refractivity contribution in [2.24, 2.45) is 0 Å². The largest absolute Gasteiger partial charge is 0.465 e. The molecule has 7 nitrogen and oxygen atoms in total. The minimum atomic E-state index is -0.631. The molecule has 1 amide bonds. The fourth-order valence-corrected chi connectivity index (χ4v) is 3.73. The molecular weight excluding hydrogens is 396 g/mol. The Bertz CT molecular complexity index is 744. The Morgan fingerprint density at radius 1 is 1.19 bits per heavy atom. The lowest BCUT2D eigenvalue weighted by Crippen LogP contribution is -2.53. The van der Waals surface area contributed by atoms with Crippen LogP contribution in [0.5, 0.6) is 0 Å². The third kappa shape index (κ3) is 7.65. The number of hydrogen-bond donors (Lipinski definition) is 1. The lowest BCUT2D eigenvalue weighted by Gasteiger charge is -2.30. The van der Waals surface area contributed by atoms with Gasteiger partial charge in [-0.1, -0.05) is 30.3 Å². The summed E-state index contributed by atoms with van der Waals surface area (Å²) in [6.45, 7) is 9.70. The van der Waals surface area contributed by atoms with E-state index in [-0.39, 0.29) is 24.5 Å². The van der Waals surface area contributed by atoms with Crippen molar-refractivity contribution in [1.82, 2.24) is 10.2 Å². The average molecular weight is 433 g/mol. The third-order valence-corrected chi connectivity index (χ3v) is 5.17. The van der Waals surface area contributed by atoms with Gasteiger partial charge >= 0.3 is 11.9 Å². The topological polar surface area (TPSA) is 84.9 Å². The zero-order valence-corrected chi connectivity index (χ0v) is 19.3. The minimum absolute atomic E-state index is 0.206. The molecule has 1 fully saturated rings. The van der Waals surface area contributed by atoms with Gasteiger partial charge in [0, 0.05) is 6.54 Å². The summed E-state index contributed by atoms with van der Waals surface area (Å²) in [4.78, 5) is 39.7. The minimum Gasteiger partial charge on any atom is -0.465 e. The number of aryl methyl sites for hydroxylation is 1. The van der Waals surface area contributed by atoms with Gasteiger partial charge in [-0.2, -0.15) is 0 Å².